The molecule has 0 aromatic rings. The van der Waals surface area contributed by atoms with Gasteiger partial charge in [0.05, 0.1) is 0 Å². The van der Waals surface area contributed by atoms with Crippen LogP contribution in [0.4, 0.5) is 0 Å². The lowest BCUT2D eigenvalue weighted by atomic mass is 10.0. The molecule has 0 radical (unpaired) electrons. The SMILES string of the molecule is C(CC1CC1)NCC1CCSCC1. The van der Waals surface area contributed by atoms with Gasteiger partial charge in [-0.15, -0.1) is 0 Å². The summed E-state index contributed by atoms with van der Waals surface area (Å²) < 4.78 is 0. The molecule has 2 aliphatic rings. The molecule has 1 saturated heterocycles. The lowest BCUT2D eigenvalue weighted by Crippen LogP contribution is -2.26. The predicted molar refractivity (Wildman–Crippen MR) is 60.3 cm³/mol. The van der Waals surface area contributed by atoms with Crippen LogP contribution in [-0.4, -0.2) is 24.6 Å². The second-order valence-corrected chi connectivity index (χ2v) is 5.72. The standard InChI is InChI=1S/C11H21NS/c1-2-10(1)3-6-12-9-11-4-7-13-8-5-11/h10-12H,1-9H2. The summed E-state index contributed by atoms with van der Waals surface area (Å²) in [6.07, 6.45) is 7.33. The molecular formula is C11H21NS. The van der Waals surface area contributed by atoms with E-state index in [1.54, 1.807) is 0 Å². The van der Waals surface area contributed by atoms with Crippen LogP contribution in [0.2, 0.25) is 0 Å². The highest BCUT2D eigenvalue weighted by atomic mass is 32.2. The van der Waals surface area contributed by atoms with E-state index in [0.29, 0.717) is 0 Å². The minimum absolute atomic E-state index is 0.987. The lowest BCUT2D eigenvalue weighted by molar-refractivity contribution is 0.442. The maximum atomic E-state index is 3.62. The zero-order valence-electron chi connectivity index (χ0n) is 8.43. The Bertz CT molecular complexity index is 139. The van der Waals surface area contributed by atoms with Crippen molar-refractivity contribution >= 4 is 11.8 Å². The van der Waals surface area contributed by atoms with Crippen LogP contribution in [0.1, 0.15) is 32.1 Å². The van der Waals surface area contributed by atoms with E-state index >= 15 is 0 Å². The molecule has 0 aromatic heterocycles. The molecule has 1 nitrogen and oxygen atoms in total. The fraction of sp³-hybridized carbons (Fsp3) is 1.00. The van der Waals surface area contributed by atoms with Gasteiger partial charge in [-0.05, 0) is 55.7 Å². The summed E-state index contributed by atoms with van der Waals surface area (Å²) in [4.78, 5) is 0. The molecule has 1 saturated carbocycles. The van der Waals surface area contributed by atoms with Crippen molar-refractivity contribution in [3.63, 3.8) is 0 Å². The van der Waals surface area contributed by atoms with Gasteiger partial charge < -0.3 is 5.32 Å². The second-order valence-electron chi connectivity index (χ2n) is 4.49. The first-order chi connectivity index (χ1) is 6.45. The highest BCUT2D eigenvalue weighted by Crippen LogP contribution is 2.31. The van der Waals surface area contributed by atoms with Gasteiger partial charge in [-0.3, -0.25) is 0 Å². The Balaban J connectivity index is 1.46. The Morgan fingerprint density at radius 1 is 1.00 bits per heavy atom. The van der Waals surface area contributed by atoms with Crippen molar-refractivity contribution in [2.45, 2.75) is 32.1 Å². The van der Waals surface area contributed by atoms with Crippen LogP contribution in [0.5, 0.6) is 0 Å². The lowest BCUT2D eigenvalue weighted by Gasteiger charge is -2.21. The molecule has 2 rings (SSSR count). The molecule has 0 bridgehead atoms. The van der Waals surface area contributed by atoms with Gasteiger partial charge in [-0.1, -0.05) is 12.8 Å². The van der Waals surface area contributed by atoms with E-state index in [2.05, 4.69) is 17.1 Å². The summed E-state index contributed by atoms with van der Waals surface area (Å²) in [5.74, 6) is 4.87. The Hall–Kier alpha value is 0.310. The molecule has 0 amide bonds. The Kier molecular flexibility index (Phi) is 3.98. The van der Waals surface area contributed by atoms with E-state index in [-0.39, 0.29) is 0 Å². The molecule has 1 aliphatic heterocycles. The second kappa shape index (κ2) is 5.26. The molecule has 1 N–H and O–H groups in total. The van der Waals surface area contributed by atoms with Crippen LogP contribution in [0.25, 0.3) is 0 Å². The number of hydrogen-bond donors (Lipinski definition) is 1. The van der Waals surface area contributed by atoms with E-state index in [1.165, 1.54) is 56.7 Å². The Labute approximate surface area is 86.0 Å². The van der Waals surface area contributed by atoms with Gasteiger partial charge in [0.25, 0.3) is 0 Å². The average Bonchev–Trinajstić information content (AvgIpc) is 2.98. The average molecular weight is 199 g/mol. The monoisotopic (exact) mass is 199 g/mol. The van der Waals surface area contributed by atoms with E-state index in [1.807, 2.05) is 0 Å². The van der Waals surface area contributed by atoms with Gasteiger partial charge in [0.1, 0.15) is 0 Å². The van der Waals surface area contributed by atoms with Crippen LogP contribution in [0.3, 0.4) is 0 Å². The summed E-state index contributed by atoms with van der Waals surface area (Å²) in [6.45, 7) is 2.56. The van der Waals surface area contributed by atoms with Crippen LogP contribution in [0.15, 0.2) is 0 Å². The van der Waals surface area contributed by atoms with Crippen LogP contribution < -0.4 is 5.32 Å². The van der Waals surface area contributed by atoms with Gasteiger partial charge in [0.2, 0.25) is 0 Å². The van der Waals surface area contributed by atoms with Crippen LogP contribution in [0, 0.1) is 11.8 Å². The molecular weight excluding hydrogens is 178 g/mol. The first kappa shape index (κ1) is 9.85. The summed E-state index contributed by atoms with van der Waals surface area (Å²) >= 11 is 2.12. The van der Waals surface area contributed by atoms with Crippen molar-refractivity contribution < 1.29 is 0 Å². The van der Waals surface area contributed by atoms with Crippen LogP contribution >= 0.6 is 11.8 Å². The molecule has 2 heteroatoms. The quantitative estimate of drug-likeness (QED) is 0.683. The van der Waals surface area contributed by atoms with Crippen molar-refractivity contribution in [2.75, 3.05) is 24.6 Å². The highest BCUT2D eigenvalue weighted by Gasteiger charge is 2.20. The molecule has 76 valence electrons. The highest BCUT2D eigenvalue weighted by molar-refractivity contribution is 7.99. The minimum Gasteiger partial charge on any atom is -0.316 e. The van der Waals surface area contributed by atoms with Crippen molar-refractivity contribution in [2.24, 2.45) is 11.8 Å². The van der Waals surface area contributed by atoms with Crippen molar-refractivity contribution in [3.05, 3.63) is 0 Å². The summed E-state index contributed by atoms with van der Waals surface area (Å²) in [5, 5.41) is 3.62. The first-order valence-electron chi connectivity index (χ1n) is 5.73. The molecule has 1 aliphatic carbocycles. The van der Waals surface area contributed by atoms with E-state index in [0.717, 1.165) is 11.8 Å². The molecule has 0 unspecified atom stereocenters. The first-order valence-corrected chi connectivity index (χ1v) is 6.89. The largest absolute Gasteiger partial charge is 0.316 e. The van der Waals surface area contributed by atoms with E-state index < -0.39 is 0 Å². The third kappa shape index (κ3) is 3.90. The normalized spacial score (nSPS) is 24.9. The predicted octanol–water partition coefficient (Wildman–Crippen LogP) is 2.52. The number of thioether (sulfide) groups is 1. The summed E-state index contributed by atoms with van der Waals surface area (Å²) in [7, 11) is 0. The molecule has 1 heterocycles. The molecule has 0 spiro atoms. The number of rotatable bonds is 5. The van der Waals surface area contributed by atoms with Gasteiger partial charge in [-0.2, -0.15) is 11.8 Å². The zero-order chi connectivity index (χ0) is 8.93. The van der Waals surface area contributed by atoms with Gasteiger partial charge in [0.15, 0.2) is 0 Å². The third-order valence-electron chi connectivity index (χ3n) is 3.20. The van der Waals surface area contributed by atoms with Crippen molar-refractivity contribution in [3.8, 4) is 0 Å². The Morgan fingerprint density at radius 3 is 2.46 bits per heavy atom. The zero-order valence-corrected chi connectivity index (χ0v) is 9.24. The summed E-state index contributed by atoms with van der Waals surface area (Å²) in [5.41, 5.74) is 0. The van der Waals surface area contributed by atoms with E-state index in [4.69, 9.17) is 0 Å². The smallest absolute Gasteiger partial charge is 0.00199 e. The molecule has 0 atom stereocenters. The van der Waals surface area contributed by atoms with Gasteiger partial charge in [-0.25, -0.2) is 0 Å². The minimum atomic E-state index is 0.987. The van der Waals surface area contributed by atoms with Crippen molar-refractivity contribution in [1.82, 2.24) is 5.32 Å². The third-order valence-corrected chi connectivity index (χ3v) is 4.25. The molecule has 13 heavy (non-hydrogen) atoms. The fourth-order valence-electron chi connectivity index (χ4n) is 1.97. The van der Waals surface area contributed by atoms with Gasteiger partial charge in [0, 0.05) is 0 Å². The number of hydrogen-bond acceptors (Lipinski definition) is 2. The molecule has 0 aromatic carbocycles. The maximum absolute atomic E-state index is 3.62. The molecule has 2 fully saturated rings. The van der Waals surface area contributed by atoms with Crippen LogP contribution in [-0.2, 0) is 0 Å². The Morgan fingerprint density at radius 2 is 1.77 bits per heavy atom. The number of nitrogens with one attached hydrogen (secondary N) is 1. The fourth-order valence-corrected chi connectivity index (χ4v) is 3.17. The van der Waals surface area contributed by atoms with Gasteiger partial charge >= 0.3 is 0 Å². The maximum Gasteiger partial charge on any atom is -0.00199 e. The van der Waals surface area contributed by atoms with Crippen molar-refractivity contribution in [1.29, 1.82) is 0 Å². The van der Waals surface area contributed by atoms with E-state index in [9.17, 15) is 0 Å². The summed E-state index contributed by atoms with van der Waals surface area (Å²) in [6, 6.07) is 0. The topological polar surface area (TPSA) is 12.0 Å².